The van der Waals surface area contributed by atoms with Gasteiger partial charge < -0.3 is 9.47 Å². The summed E-state index contributed by atoms with van der Waals surface area (Å²) in [4.78, 5) is 2.40. The number of para-hydroxylation sites is 2. The molecule has 10 aromatic rings. The fraction of sp³-hybridized carbons (Fsp3) is 0.0508. The summed E-state index contributed by atoms with van der Waals surface area (Å²) in [6, 6.07) is 83.9. The Morgan fingerprint density at radius 2 is 0.820 bits per heavy atom. The van der Waals surface area contributed by atoms with Crippen LogP contribution in [0.15, 0.2) is 231 Å². The van der Waals surface area contributed by atoms with E-state index in [0.717, 1.165) is 22.7 Å². The molecule has 0 atom stereocenters. The van der Waals surface area contributed by atoms with Crippen LogP contribution < -0.4 is 4.90 Å². The molecule has 0 N–H and O–H groups in total. The SMILES string of the molecule is CC1(C)c2ccccc2-c2ccc(N(c3ccc(-c4ccccc4)cc3)c3ccc(-c4ccc(-c5c(-c6ccccc6)n(-c6ccccc6)c6ccccc56)cc4)cc3)cc21. The van der Waals surface area contributed by atoms with Crippen molar-refractivity contribution in [1.82, 2.24) is 4.57 Å². The predicted molar refractivity (Wildman–Crippen MR) is 257 cm³/mol. The van der Waals surface area contributed by atoms with Gasteiger partial charge in [-0.05, 0) is 110 Å². The Morgan fingerprint density at radius 3 is 1.46 bits per heavy atom. The lowest BCUT2D eigenvalue weighted by Crippen LogP contribution is -2.16. The highest BCUT2D eigenvalue weighted by Crippen LogP contribution is 2.51. The van der Waals surface area contributed by atoms with E-state index in [0.29, 0.717) is 0 Å². The zero-order valence-electron chi connectivity index (χ0n) is 34.3. The maximum Gasteiger partial charge on any atom is 0.0619 e. The monoisotopic (exact) mass is 780 g/mol. The van der Waals surface area contributed by atoms with E-state index in [2.05, 4.69) is 254 Å². The predicted octanol–water partition coefficient (Wildman–Crippen LogP) is 16.1. The second-order valence-corrected chi connectivity index (χ2v) is 16.6. The van der Waals surface area contributed by atoms with Gasteiger partial charge in [-0.2, -0.15) is 0 Å². The van der Waals surface area contributed by atoms with Crippen LogP contribution in [0.1, 0.15) is 25.0 Å². The van der Waals surface area contributed by atoms with Gasteiger partial charge in [-0.1, -0.05) is 190 Å². The lowest BCUT2D eigenvalue weighted by atomic mass is 9.82. The molecule has 0 spiro atoms. The summed E-state index contributed by atoms with van der Waals surface area (Å²) >= 11 is 0. The minimum atomic E-state index is -0.0981. The van der Waals surface area contributed by atoms with E-state index >= 15 is 0 Å². The Morgan fingerprint density at radius 1 is 0.361 bits per heavy atom. The molecule has 1 aliphatic carbocycles. The quantitative estimate of drug-likeness (QED) is 0.149. The number of rotatable bonds is 8. The minimum absolute atomic E-state index is 0.0981. The Kier molecular flexibility index (Phi) is 8.86. The molecule has 11 rings (SSSR count). The molecule has 290 valence electrons. The smallest absolute Gasteiger partial charge is 0.0619 e. The summed E-state index contributed by atoms with van der Waals surface area (Å²) in [7, 11) is 0. The molecule has 0 saturated heterocycles. The molecule has 0 unspecified atom stereocenters. The molecule has 2 nitrogen and oxygen atoms in total. The zero-order valence-corrected chi connectivity index (χ0v) is 34.3. The van der Waals surface area contributed by atoms with Gasteiger partial charge in [0.05, 0.1) is 11.2 Å². The first kappa shape index (κ1) is 36.4. The van der Waals surface area contributed by atoms with Gasteiger partial charge in [-0.3, -0.25) is 0 Å². The number of fused-ring (bicyclic) bond motifs is 4. The fourth-order valence-electron chi connectivity index (χ4n) is 9.59. The molecular weight excluding hydrogens is 737 g/mol. The van der Waals surface area contributed by atoms with E-state index in [1.165, 1.54) is 77.8 Å². The van der Waals surface area contributed by atoms with E-state index in [9.17, 15) is 0 Å². The topological polar surface area (TPSA) is 8.17 Å². The van der Waals surface area contributed by atoms with Crippen LogP contribution in [0.5, 0.6) is 0 Å². The number of hydrogen-bond donors (Lipinski definition) is 0. The van der Waals surface area contributed by atoms with E-state index in [-0.39, 0.29) is 5.41 Å². The third-order valence-electron chi connectivity index (χ3n) is 12.6. The summed E-state index contributed by atoms with van der Waals surface area (Å²) in [6.45, 7) is 4.70. The highest BCUT2D eigenvalue weighted by Gasteiger charge is 2.35. The highest BCUT2D eigenvalue weighted by molar-refractivity contribution is 6.06. The maximum atomic E-state index is 2.41. The van der Waals surface area contributed by atoms with Gasteiger partial charge >= 0.3 is 0 Å². The molecule has 1 heterocycles. The van der Waals surface area contributed by atoms with Crippen molar-refractivity contribution in [1.29, 1.82) is 0 Å². The van der Waals surface area contributed by atoms with E-state index in [1.54, 1.807) is 0 Å². The molecule has 1 aromatic heterocycles. The molecule has 9 aromatic carbocycles. The van der Waals surface area contributed by atoms with Gasteiger partial charge in [0.2, 0.25) is 0 Å². The molecule has 0 fully saturated rings. The van der Waals surface area contributed by atoms with Crippen molar-refractivity contribution < 1.29 is 0 Å². The summed E-state index contributed by atoms with van der Waals surface area (Å²) in [5.41, 5.74) is 20.6. The molecule has 2 heteroatoms. The number of aromatic nitrogens is 1. The Hall–Kier alpha value is -7.68. The van der Waals surface area contributed by atoms with Crippen molar-refractivity contribution in [3.05, 3.63) is 242 Å². The summed E-state index contributed by atoms with van der Waals surface area (Å²) in [5.74, 6) is 0. The molecule has 0 aliphatic heterocycles. The van der Waals surface area contributed by atoms with Gasteiger partial charge in [-0.25, -0.2) is 0 Å². The van der Waals surface area contributed by atoms with Crippen LogP contribution in [-0.4, -0.2) is 4.57 Å². The average molecular weight is 781 g/mol. The lowest BCUT2D eigenvalue weighted by Gasteiger charge is -2.28. The number of hydrogen-bond acceptors (Lipinski definition) is 1. The molecule has 0 amide bonds. The van der Waals surface area contributed by atoms with Crippen LogP contribution in [-0.2, 0) is 5.41 Å². The van der Waals surface area contributed by atoms with Crippen molar-refractivity contribution in [3.63, 3.8) is 0 Å². The normalized spacial score (nSPS) is 12.6. The molecule has 0 bridgehead atoms. The summed E-state index contributed by atoms with van der Waals surface area (Å²) in [5, 5.41) is 1.23. The van der Waals surface area contributed by atoms with Crippen molar-refractivity contribution in [2.24, 2.45) is 0 Å². The average Bonchev–Trinajstić information content (AvgIpc) is 3.79. The van der Waals surface area contributed by atoms with Crippen molar-refractivity contribution in [2.75, 3.05) is 4.90 Å². The largest absolute Gasteiger partial charge is 0.310 e. The first-order chi connectivity index (χ1) is 30.0. The Labute approximate surface area is 358 Å². The fourth-order valence-corrected chi connectivity index (χ4v) is 9.59. The van der Waals surface area contributed by atoms with E-state index in [1.807, 2.05) is 0 Å². The first-order valence-electron chi connectivity index (χ1n) is 21.2. The molecule has 0 saturated carbocycles. The number of benzene rings is 9. The molecule has 0 radical (unpaired) electrons. The van der Waals surface area contributed by atoms with E-state index in [4.69, 9.17) is 0 Å². The zero-order chi connectivity index (χ0) is 40.9. The molecular formula is C59H44N2. The van der Waals surface area contributed by atoms with Crippen LogP contribution in [0.2, 0.25) is 0 Å². The number of nitrogens with zero attached hydrogens (tertiary/aromatic N) is 2. The third kappa shape index (κ3) is 6.27. The van der Waals surface area contributed by atoms with Crippen molar-refractivity contribution >= 4 is 28.0 Å². The lowest BCUT2D eigenvalue weighted by molar-refractivity contribution is 0.660. The van der Waals surface area contributed by atoms with Crippen molar-refractivity contribution in [3.8, 4) is 61.5 Å². The third-order valence-corrected chi connectivity index (χ3v) is 12.6. The van der Waals surface area contributed by atoms with Crippen LogP contribution >= 0.6 is 0 Å². The van der Waals surface area contributed by atoms with E-state index < -0.39 is 0 Å². The van der Waals surface area contributed by atoms with Gasteiger partial charge in [0.15, 0.2) is 0 Å². The summed E-state index contributed by atoms with van der Waals surface area (Å²) < 4.78 is 2.41. The van der Waals surface area contributed by atoms with Crippen molar-refractivity contribution in [2.45, 2.75) is 19.3 Å². The first-order valence-corrected chi connectivity index (χ1v) is 21.2. The second-order valence-electron chi connectivity index (χ2n) is 16.6. The van der Waals surface area contributed by atoms with Gasteiger partial charge in [-0.15, -0.1) is 0 Å². The van der Waals surface area contributed by atoms with Crippen LogP contribution in [0, 0.1) is 0 Å². The van der Waals surface area contributed by atoms with Gasteiger partial charge in [0.25, 0.3) is 0 Å². The second kappa shape index (κ2) is 14.9. The minimum Gasteiger partial charge on any atom is -0.310 e. The van der Waals surface area contributed by atoms with Crippen LogP contribution in [0.3, 0.4) is 0 Å². The van der Waals surface area contributed by atoms with Crippen LogP contribution in [0.25, 0.3) is 72.4 Å². The Balaban J connectivity index is 0.978. The Bertz CT molecular complexity index is 3160. The highest BCUT2D eigenvalue weighted by atomic mass is 15.1. The molecule has 1 aliphatic rings. The van der Waals surface area contributed by atoms with Gasteiger partial charge in [0.1, 0.15) is 0 Å². The molecule has 61 heavy (non-hydrogen) atoms. The standard InChI is InChI=1S/C59H44N2/c1-59(2)54-24-14-12-22-51(54)52-39-38-50(40-55(52)59)60(48-34-30-43(31-35-48)41-16-6-3-7-17-41)49-36-32-44(33-37-49)42-26-28-45(29-27-42)57-53-23-13-15-25-56(53)61(47-20-10-5-11-21-47)58(57)46-18-8-4-9-19-46/h3-40H,1-2H3. The van der Waals surface area contributed by atoms with Gasteiger partial charge in [0, 0.05) is 39.1 Å². The maximum absolute atomic E-state index is 2.41. The van der Waals surface area contributed by atoms with Crippen LogP contribution in [0.4, 0.5) is 17.1 Å². The number of anilines is 3. The summed E-state index contributed by atoms with van der Waals surface area (Å²) in [6.07, 6.45) is 0.